The molecule has 2 heterocycles. The first-order valence-electron chi connectivity index (χ1n) is 11.4. The van der Waals surface area contributed by atoms with Crippen LogP contribution in [-0.2, 0) is 11.3 Å². The van der Waals surface area contributed by atoms with Crippen molar-refractivity contribution >= 4 is 5.78 Å². The van der Waals surface area contributed by atoms with Crippen LogP contribution in [0.4, 0.5) is 0 Å². The summed E-state index contributed by atoms with van der Waals surface area (Å²) in [7, 11) is 0. The molecule has 0 radical (unpaired) electrons. The Hall–Kier alpha value is -1.45. The fourth-order valence-electron chi connectivity index (χ4n) is 7.18. The van der Waals surface area contributed by atoms with Gasteiger partial charge < -0.3 is 0 Å². The molecule has 3 aliphatic carbocycles. The lowest BCUT2D eigenvalue weighted by atomic mass is 9.49. The van der Waals surface area contributed by atoms with Crippen molar-refractivity contribution in [1.82, 2.24) is 9.80 Å². The van der Waals surface area contributed by atoms with Crippen LogP contribution in [0, 0.1) is 28.1 Å². The molecule has 3 heteroatoms. The van der Waals surface area contributed by atoms with Crippen molar-refractivity contribution in [2.75, 3.05) is 32.7 Å². The number of likely N-dealkylation sites (tertiary alicyclic amines) is 2. The fraction of sp³-hybridized carbons (Fsp3) is 0.654. The molecule has 2 aliphatic heterocycles. The largest absolute Gasteiger partial charge is 0.298 e. The number of hydrogen-bond acceptors (Lipinski definition) is 3. The maximum Gasteiger partial charge on any atom is 0.149 e. The Labute approximate surface area is 176 Å². The highest BCUT2D eigenvalue weighted by atomic mass is 16.1. The van der Waals surface area contributed by atoms with E-state index in [-0.39, 0.29) is 10.8 Å². The van der Waals surface area contributed by atoms with Crippen molar-refractivity contribution in [2.24, 2.45) is 28.1 Å². The Morgan fingerprint density at radius 2 is 1.48 bits per heavy atom. The molecule has 6 rings (SSSR count). The predicted molar refractivity (Wildman–Crippen MR) is 117 cm³/mol. The summed E-state index contributed by atoms with van der Waals surface area (Å²) in [5, 5.41) is 0. The van der Waals surface area contributed by atoms with Crippen molar-refractivity contribution < 1.29 is 4.79 Å². The summed E-state index contributed by atoms with van der Waals surface area (Å²) < 4.78 is 0. The molecular formula is C26H36N2O. The van der Waals surface area contributed by atoms with Crippen molar-refractivity contribution in [2.45, 2.75) is 47.1 Å². The van der Waals surface area contributed by atoms with Gasteiger partial charge in [-0.05, 0) is 35.7 Å². The molecule has 3 nitrogen and oxygen atoms in total. The van der Waals surface area contributed by atoms with Gasteiger partial charge in [-0.1, -0.05) is 69.7 Å². The third-order valence-electron chi connectivity index (χ3n) is 8.62. The normalized spacial score (nSPS) is 39.0. The molecule has 0 aromatic heterocycles. The topological polar surface area (TPSA) is 23.6 Å². The van der Waals surface area contributed by atoms with Gasteiger partial charge in [0.2, 0.25) is 0 Å². The molecule has 1 aromatic rings. The standard InChI is InChI=1S/C26H36N2O/c1-24(2)21-11-10-20(22(24)12-21)14-28-17-25(3)15-27(13-19-8-6-5-7-9-19)16-26(4,18-28)23(25)29/h5-10,21-22H,11-18H2,1-4H3/t21-,22-,25-,26+/m0/s1. The quantitative estimate of drug-likeness (QED) is 0.710. The van der Waals surface area contributed by atoms with Gasteiger partial charge in [0.1, 0.15) is 5.78 Å². The van der Waals surface area contributed by atoms with Gasteiger partial charge in [-0.15, -0.1) is 0 Å². The average molecular weight is 393 g/mol. The first-order valence-corrected chi connectivity index (χ1v) is 11.4. The Morgan fingerprint density at radius 1 is 0.897 bits per heavy atom. The van der Waals surface area contributed by atoms with Crippen LogP contribution >= 0.6 is 0 Å². The minimum absolute atomic E-state index is 0.257. The summed E-state index contributed by atoms with van der Waals surface area (Å²) >= 11 is 0. The number of piperidine rings is 2. The summed E-state index contributed by atoms with van der Waals surface area (Å²) in [6, 6.07) is 10.7. The highest BCUT2D eigenvalue weighted by Gasteiger charge is 2.56. The summed E-state index contributed by atoms with van der Waals surface area (Å²) in [4.78, 5) is 18.5. The van der Waals surface area contributed by atoms with E-state index in [4.69, 9.17) is 0 Å². The first kappa shape index (κ1) is 19.5. The van der Waals surface area contributed by atoms with E-state index in [2.05, 4.69) is 73.9 Å². The molecule has 3 fully saturated rings. The molecule has 4 atom stereocenters. The van der Waals surface area contributed by atoms with Crippen LogP contribution in [0.3, 0.4) is 0 Å². The molecule has 2 saturated heterocycles. The third-order valence-corrected chi connectivity index (χ3v) is 8.62. The Bertz CT molecular complexity index is 820. The predicted octanol–water partition coefficient (Wildman–Crippen LogP) is 4.39. The van der Waals surface area contributed by atoms with E-state index in [0.717, 1.165) is 51.1 Å². The van der Waals surface area contributed by atoms with Gasteiger partial charge in [-0.2, -0.15) is 0 Å². The highest BCUT2D eigenvalue weighted by Crippen LogP contribution is 2.59. The molecule has 5 aliphatic rings. The zero-order valence-electron chi connectivity index (χ0n) is 18.6. The lowest BCUT2D eigenvalue weighted by Crippen LogP contribution is -2.68. The molecule has 156 valence electrons. The van der Waals surface area contributed by atoms with Crippen LogP contribution in [0.1, 0.15) is 46.1 Å². The maximum absolute atomic E-state index is 13.4. The molecule has 0 N–H and O–H groups in total. The van der Waals surface area contributed by atoms with Crippen LogP contribution in [0.25, 0.3) is 0 Å². The molecular weight excluding hydrogens is 356 g/mol. The number of allylic oxidation sites excluding steroid dienone is 1. The van der Waals surface area contributed by atoms with E-state index in [1.807, 2.05) is 0 Å². The lowest BCUT2D eigenvalue weighted by Gasteiger charge is -2.59. The number of fused-ring (bicyclic) bond motifs is 3. The van der Waals surface area contributed by atoms with Gasteiger partial charge >= 0.3 is 0 Å². The second kappa shape index (κ2) is 6.52. The van der Waals surface area contributed by atoms with Gasteiger partial charge in [0, 0.05) is 39.3 Å². The van der Waals surface area contributed by atoms with Crippen LogP contribution in [0.15, 0.2) is 42.0 Å². The van der Waals surface area contributed by atoms with Crippen molar-refractivity contribution in [1.29, 1.82) is 0 Å². The Morgan fingerprint density at radius 3 is 2.03 bits per heavy atom. The number of Topliss-reactive ketones (excluding diaryl/α,β-unsaturated/α-hetero) is 1. The van der Waals surface area contributed by atoms with Gasteiger partial charge in [-0.3, -0.25) is 14.6 Å². The monoisotopic (exact) mass is 392 g/mol. The van der Waals surface area contributed by atoms with Crippen LogP contribution in [-0.4, -0.2) is 48.3 Å². The zero-order valence-corrected chi connectivity index (χ0v) is 18.6. The molecule has 1 saturated carbocycles. The Balaban J connectivity index is 1.32. The number of carbonyl (C=O) groups excluding carboxylic acids is 1. The van der Waals surface area contributed by atoms with E-state index in [1.54, 1.807) is 5.57 Å². The van der Waals surface area contributed by atoms with Crippen molar-refractivity contribution in [3.05, 3.63) is 47.5 Å². The number of nitrogens with zero attached hydrogens (tertiary/aromatic N) is 2. The highest BCUT2D eigenvalue weighted by molar-refractivity contribution is 5.92. The zero-order chi connectivity index (χ0) is 20.4. The second-order valence-electron chi connectivity index (χ2n) is 11.5. The second-order valence-corrected chi connectivity index (χ2v) is 11.5. The summed E-state index contributed by atoms with van der Waals surface area (Å²) in [5.41, 5.74) is 2.96. The molecule has 0 spiro atoms. The third kappa shape index (κ3) is 3.13. The summed E-state index contributed by atoms with van der Waals surface area (Å²) in [6.07, 6.45) is 5.17. The molecule has 4 bridgehead atoms. The smallest absolute Gasteiger partial charge is 0.149 e. The van der Waals surface area contributed by atoms with E-state index < -0.39 is 0 Å². The van der Waals surface area contributed by atoms with Crippen LogP contribution in [0.2, 0.25) is 0 Å². The van der Waals surface area contributed by atoms with Gasteiger partial charge in [0.05, 0.1) is 10.8 Å². The fourth-order valence-corrected chi connectivity index (χ4v) is 7.18. The number of ketones is 1. The SMILES string of the molecule is CC1(C)[C@H]2CC=C(CN3C[C@@]4(C)CN(Cc5ccccc5)C[C@@](C)(C3)C4=O)[C@@H]1C2. The van der Waals surface area contributed by atoms with Crippen LogP contribution in [0.5, 0.6) is 0 Å². The van der Waals surface area contributed by atoms with Crippen LogP contribution < -0.4 is 0 Å². The molecule has 0 amide bonds. The molecule has 29 heavy (non-hydrogen) atoms. The van der Waals surface area contributed by atoms with E-state index in [0.29, 0.717) is 11.2 Å². The molecule has 1 aromatic carbocycles. The van der Waals surface area contributed by atoms with Gasteiger partial charge in [0.15, 0.2) is 0 Å². The van der Waals surface area contributed by atoms with Gasteiger partial charge in [-0.25, -0.2) is 0 Å². The summed E-state index contributed by atoms with van der Waals surface area (Å²) in [5.74, 6) is 2.14. The van der Waals surface area contributed by atoms with Crippen molar-refractivity contribution in [3.63, 3.8) is 0 Å². The Kier molecular flexibility index (Phi) is 4.39. The number of carbonyl (C=O) groups is 1. The summed E-state index contributed by atoms with van der Waals surface area (Å²) in [6.45, 7) is 14.9. The minimum atomic E-state index is -0.257. The number of benzene rings is 1. The van der Waals surface area contributed by atoms with E-state index >= 15 is 0 Å². The minimum Gasteiger partial charge on any atom is -0.298 e. The first-order chi connectivity index (χ1) is 13.7. The number of rotatable bonds is 4. The van der Waals surface area contributed by atoms with E-state index in [9.17, 15) is 4.79 Å². The van der Waals surface area contributed by atoms with Crippen molar-refractivity contribution in [3.8, 4) is 0 Å². The van der Waals surface area contributed by atoms with Gasteiger partial charge in [0.25, 0.3) is 0 Å². The maximum atomic E-state index is 13.4. The van der Waals surface area contributed by atoms with E-state index in [1.165, 1.54) is 18.4 Å². The lowest BCUT2D eigenvalue weighted by molar-refractivity contribution is -0.158. The number of hydrogen-bond donors (Lipinski definition) is 0. The molecule has 0 unspecified atom stereocenters. The average Bonchev–Trinajstić information content (AvgIpc) is 2.65.